The second-order valence-corrected chi connectivity index (χ2v) is 6.94. The molecule has 5 N–H and O–H groups in total. The third-order valence-corrected chi connectivity index (χ3v) is 4.41. The smallest absolute Gasteiger partial charge is 0.326 e. The molecule has 0 aliphatic carbocycles. The van der Waals surface area contributed by atoms with Crippen LogP contribution in [0.15, 0.2) is 24.3 Å². The number of likely N-dealkylation sites (tertiary alicyclic amines) is 1. The van der Waals surface area contributed by atoms with Crippen molar-refractivity contribution in [3.63, 3.8) is 0 Å². The van der Waals surface area contributed by atoms with E-state index in [1.54, 1.807) is 12.1 Å². The number of carboxylic acid groups (broad SMARTS) is 1. The Labute approximate surface area is 139 Å². The molecule has 0 saturated carbocycles. The van der Waals surface area contributed by atoms with Crippen LogP contribution < -0.4 is 9.86 Å². The molecule has 1 aliphatic heterocycles. The van der Waals surface area contributed by atoms with Gasteiger partial charge >= 0.3 is 5.97 Å². The number of aromatic hydroxyl groups is 1. The molecule has 1 amide bonds. The fraction of sp³-hybridized carbons (Fsp3) is 0.429. The lowest BCUT2D eigenvalue weighted by atomic mass is 10.0. The van der Waals surface area contributed by atoms with Gasteiger partial charge in [0, 0.05) is 6.54 Å². The van der Waals surface area contributed by atoms with Gasteiger partial charge in [0.15, 0.2) is 0 Å². The van der Waals surface area contributed by atoms with E-state index in [1.807, 2.05) is 0 Å². The van der Waals surface area contributed by atoms with E-state index in [-0.39, 0.29) is 18.7 Å². The van der Waals surface area contributed by atoms with Gasteiger partial charge in [-0.3, -0.25) is 4.79 Å². The van der Waals surface area contributed by atoms with E-state index >= 15 is 0 Å². The Morgan fingerprint density at radius 3 is 2.50 bits per heavy atom. The van der Waals surface area contributed by atoms with E-state index in [2.05, 4.69) is 4.72 Å². The lowest BCUT2D eigenvalue weighted by Crippen LogP contribution is -2.53. The van der Waals surface area contributed by atoms with Crippen LogP contribution in [0, 0.1) is 0 Å². The van der Waals surface area contributed by atoms with Gasteiger partial charge in [-0.15, -0.1) is 0 Å². The third kappa shape index (κ3) is 4.66. The summed E-state index contributed by atoms with van der Waals surface area (Å²) < 4.78 is 24.8. The highest BCUT2D eigenvalue weighted by molar-refractivity contribution is 7.87. The first kappa shape index (κ1) is 18.2. The van der Waals surface area contributed by atoms with Gasteiger partial charge in [-0.25, -0.2) is 9.93 Å². The number of phenolic OH excluding ortho intramolecular Hbond substituents is 1. The lowest BCUT2D eigenvalue weighted by molar-refractivity contribution is -0.148. The van der Waals surface area contributed by atoms with Gasteiger partial charge in [0.25, 0.3) is 10.2 Å². The number of nitrogens with zero attached hydrogens (tertiary/aromatic N) is 1. The number of benzene rings is 1. The van der Waals surface area contributed by atoms with Crippen molar-refractivity contribution in [2.24, 2.45) is 5.14 Å². The number of hydrogen-bond acceptors (Lipinski definition) is 5. The van der Waals surface area contributed by atoms with E-state index < -0.39 is 34.2 Å². The minimum atomic E-state index is -4.16. The van der Waals surface area contributed by atoms with Crippen LogP contribution in [0.5, 0.6) is 5.75 Å². The van der Waals surface area contributed by atoms with Crippen LogP contribution in [0.4, 0.5) is 0 Å². The molecular formula is C14H19N3O6S. The van der Waals surface area contributed by atoms with Crippen LogP contribution in [0.25, 0.3) is 0 Å². The first-order valence-electron chi connectivity index (χ1n) is 7.28. The van der Waals surface area contributed by atoms with E-state index in [9.17, 15) is 28.2 Å². The zero-order valence-corrected chi connectivity index (χ0v) is 13.6. The van der Waals surface area contributed by atoms with Gasteiger partial charge in [0.2, 0.25) is 5.91 Å². The summed E-state index contributed by atoms with van der Waals surface area (Å²) in [6, 6.07) is 3.71. The number of carboxylic acids is 1. The van der Waals surface area contributed by atoms with Gasteiger partial charge < -0.3 is 15.1 Å². The molecule has 0 bridgehead atoms. The number of amides is 1. The van der Waals surface area contributed by atoms with Gasteiger partial charge in [-0.1, -0.05) is 12.1 Å². The number of carbonyl (C=O) groups is 2. The zero-order chi connectivity index (χ0) is 17.9. The summed E-state index contributed by atoms with van der Waals surface area (Å²) >= 11 is 0. The fourth-order valence-corrected chi connectivity index (χ4v) is 3.31. The molecule has 0 unspecified atom stereocenters. The fourth-order valence-electron chi connectivity index (χ4n) is 2.73. The van der Waals surface area contributed by atoms with Crippen molar-refractivity contribution in [1.82, 2.24) is 9.62 Å². The van der Waals surface area contributed by atoms with E-state index in [0.29, 0.717) is 18.4 Å². The van der Waals surface area contributed by atoms with Gasteiger partial charge in [-0.2, -0.15) is 13.1 Å². The van der Waals surface area contributed by atoms with Crippen molar-refractivity contribution >= 4 is 22.1 Å². The van der Waals surface area contributed by atoms with Crippen LogP contribution in [0.2, 0.25) is 0 Å². The van der Waals surface area contributed by atoms with Crippen molar-refractivity contribution in [2.75, 3.05) is 6.54 Å². The number of rotatable bonds is 6. The highest BCUT2D eigenvalue weighted by atomic mass is 32.2. The largest absolute Gasteiger partial charge is 0.508 e. The van der Waals surface area contributed by atoms with E-state index in [4.69, 9.17) is 5.14 Å². The molecular weight excluding hydrogens is 338 g/mol. The topological polar surface area (TPSA) is 150 Å². The Balaban J connectivity index is 2.23. The van der Waals surface area contributed by atoms with Crippen LogP contribution in [-0.4, -0.2) is 54.0 Å². The molecule has 0 radical (unpaired) electrons. The van der Waals surface area contributed by atoms with E-state index in [0.717, 1.165) is 4.90 Å². The molecule has 1 fully saturated rings. The summed E-state index contributed by atoms with van der Waals surface area (Å²) in [6.45, 7) is 0.244. The molecule has 0 spiro atoms. The molecule has 1 saturated heterocycles. The van der Waals surface area contributed by atoms with E-state index in [1.165, 1.54) is 12.1 Å². The number of carbonyl (C=O) groups excluding carboxylic acids is 1. The summed E-state index contributed by atoms with van der Waals surface area (Å²) in [7, 11) is -4.16. The summed E-state index contributed by atoms with van der Waals surface area (Å²) in [6.07, 6.45) is 0.838. The summed E-state index contributed by atoms with van der Waals surface area (Å²) in [5.74, 6) is -1.73. The monoisotopic (exact) mass is 357 g/mol. The van der Waals surface area contributed by atoms with Gasteiger partial charge in [0.05, 0.1) is 0 Å². The summed E-state index contributed by atoms with van der Waals surface area (Å²) in [5, 5.41) is 23.4. The van der Waals surface area contributed by atoms with Crippen molar-refractivity contribution in [2.45, 2.75) is 31.3 Å². The van der Waals surface area contributed by atoms with Crippen LogP contribution in [0.3, 0.4) is 0 Å². The molecule has 1 aromatic carbocycles. The summed E-state index contributed by atoms with van der Waals surface area (Å²) in [4.78, 5) is 25.0. The second-order valence-electron chi connectivity index (χ2n) is 5.61. The second kappa shape index (κ2) is 7.16. The zero-order valence-electron chi connectivity index (χ0n) is 12.8. The molecule has 2 rings (SSSR count). The van der Waals surface area contributed by atoms with Crippen LogP contribution in [0.1, 0.15) is 18.4 Å². The van der Waals surface area contributed by atoms with Crippen LogP contribution >= 0.6 is 0 Å². The number of nitrogens with one attached hydrogen (secondary N) is 1. The molecule has 132 valence electrons. The average molecular weight is 357 g/mol. The normalized spacial score (nSPS) is 19.2. The standard InChI is InChI=1S/C14H19N3O6S/c15-24(22,23)16-11(8-9-3-5-10(18)6-4-9)13(19)17-7-1-2-12(17)14(20)21/h3-6,11-12,16,18H,1-2,7-8H2,(H,20,21)(H2,15,22,23)/t11-,12+/m1/s1. The Hall–Kier alpha value is -2.17. The van der Waals surface area contributed by atoms with Gasteiger partial charge in [0.1, 0.15) is 17.8 Å². The molecule has 0 aromatic heterocycles. The Morgan fingerprint density at radius 1 is 1.33 bits per heavy atom. The maximum absolute atomic E-state index is 12.6. The maximum atomic E-state index is 12.6. The minimum Gasteiger partial charge on any atom is -0.508 e. The number of hydrogen-bond donors (Lipinski definition) is 4. The highest BCUT2D eigenvalue weighted by Crippen LogP contribution is 2.20. The molecule has 1 aliphatic rings. The first-order chi connectivity index (χ1) is 11.2. The van der Waals surface area contributed by atoms with Crippen molar-refractivity contribution in [3.8, 4) is 5.75 Å². The number of aliphatic carboxylic acids is 1. The molecule has 10 heteroatoms. The van der Waals surface area contributed by atoms with Crippen molar-refractivity contribution in [3.05, 3.63) is 29.8 Å². The van der Waals surface area contributed by atoms with Gasteiger partial charge in [-0.05, 0) is 37.0 Å². The third-order valence-electron chi connectivity index (χ3n) is 3.80. The molecule has 9 nitrogen and oxygen atoms in total. The quantitative estimate of drug-likeness (QED) is 0.522. The molecule has 2 atom stereocenters. The Kier molecular flexibility index (Phi) is 5.42. The van der Waals surface area contributed by atoms with Crippen molar-refractivity contribution in [1.29, 1.82) is 0 Å². The molecule has 1 heterocycles. The highest BCUT2D eigenvalue weighted by Gasteiger charge is 2.38. The predicted octanol–water partition coefficient (Wildman–Crippen LogP) is -0.828. The van der Waals surface area contributed by atoms with Crippen molar-refractivity contribution < 1.29 is 28.2 Å². The first-order valence-corrected chi connectivity index (χ1v) is 8.83. The SMILES string of the molecule is NS(=O)(=O)N[C@H](Cc1ccc(O)cc1)C(=O)N1CCC[C@H]1C(=O)O. The van der Waals surface area contributed by atoms with Crippen LogP contribution in [-0.2, 0) is 26.2 Å². The minimum absolute atomic E-state index is 0.0155. The molecule has 1 aromatic rings. The average Bonchev–Trinajstić information content (AvgIpc) is 2.96. The summed E-state index contributed by atoms with van der Waals surface area (Å²) in [5.41, 5.74) is 0.591. The maximum Gasteiger partial charge on any atom is 0.326 e. The Bertz CT molecular complexity index is 719. The lowest BCUT2D eigenvalue weighted by Gasteiger charge is -2.26. The Morgan fingerprint density at radius 2 is 1.96 bits per heavy atom. The molecule has 24 heavy (non-hydrogen) atoms. The number of phenols is 1. The predicted molar refractivity (Wildman–Crippen MR) is 84.2 cm³/mol. The number of nitrogens with two attached hydrogens (primary N) is 1.